The lowest BCUT2D eigenvalue weighted by Gasteiger charge is -2.35. The highest BCUT2D eigenvalue weighted by Crippen LogP contribution is 2.48. The fourth-order valence-electron chi connectivity index (χ4n) is 3.91. The quantitative estimate of drug-likeness (QED) is 0.462. The number of thioether (sulfide) groups is 1. The topological polar surface area (TPSA) is 78.9 Å². The number of nitrogens with zero attached hydrogens (tertiary/aromatic N) is 1. The summed E-state index contributed by atoms with van der Waals surface area (Å²) in [5.74, 6) is -1.32. The van der Waals surface area contributed by atoms with E-state index in [1.807, 2.05) is 31.2 Å². The van der Waals surface area contributed by atoms with Crippen LogP contribution in [0.4, 0.5) is 23.7 Å². The van der Waals surface area contributed by atoms with Gasteiger partial charge >= 0.3 is 18.4 Å². The minimum Gasteiger partial charge on any atom is -0.480 e. The highest BCUT2D eigenvalue weighted by Gasteiger charge is 2.43. The number of urea groups is 1. The molecule has 2 atom stereocenters. The maximum absolute atomic E-state index is 13.3. The lowest BCUT2D eigenvalue weighted by molar-refractivity contribution is -0.274. The average molecular weight is 497 g/mol. The van der Waals surface area contributed by atoms with Crippen LogP contribution in [0.5, 0.6) is 5.75 Å². The molecule has 10 heteroatoms. The predicted molar refractivity (Wildman–Crippen MR) is 125 cm³/mol. The average Bonchev–Trinajstić information content (AvgIpc) is 3.09. The summed E-state index contributed by atoms with van der Waals surface area (Å²) >= 11 is 1.31. The summed E-state index contributed by atoms with van der Waals surface area (Å²) in [5, 5.41) is 12.2. The van der Waals surface area contributed by atoms with Crippen LogP contribution in [0.2, 0.25) is 0 Å². The smallest absolute Gasteiger partial charge is 0.480 e. The van der Waals surface area contributed by atoms with E-state index in [9.17, 15) is 27.9 Å². The second kappa shape index (κ2) is 10.2. The summed E-state index contributed by atoms with van der Waals surface area (Å²) < 4.78 is 40.0. The number of anilines is 1. The largest absolute Gasteiger partial charge is 0.573 e. The van der Waals surface area contributed by atoms with Gasteiger partial charge in [0, 0.05) is 12.2 Å². The molecule has 1 aliphatic rings. The zero-order valence-electron chi connectivity index (χ0n) is 19.1. The lowest BCUT2D eigenvalue weighted by Crippen LogP contribution is -2.46. The molecule has 1 aliphatic carbocycles. The van der Waals surface area contributed by atoms with Crippen LogP contribution in [0.15, 0.2) is 48.5 Å². The van der Waals surface area contributed by atoms with Gasteiger partial charge in [0.25, 0.3) is 0 Å². The molecule has 0 saturated carbocycles. The van der Waals surface area contributed by atoms with Crippen molar-refractivity contribution in [3.8, 4) is 5.75 Å². The minimum absolute atomic E-state index is 0.248. The molecule has 6 nitrogen and oxygen atoms in total. The molecule has 0 radical (unpaired) electrons. The molecule has 0 bridgehead atoms. The van der Waals surface area contributed by atoms with Crippen molar-refractivity contribution in [2.45, 2.75) is 56.0 Å². The van der Waals surface area contributed by atoms with Gasteiger partial charge in [0.1, 0.15) is 10.5 Å². The Balaban J connectivity index is 1.83. The molecule has 184 valence electrons. The van der Waals surface area contributed by atoms with Crippen LogP contribution in [-0.2, 0) is 11.2 Å². The van der Waals surface area contributed by atoms with Crippen molar-refractivity contribution in [1.29, 1.82) is 0 Å². The van der Waals surface area contributed by atoms with Crippen molar-refractivity contribution in [2.75, 3.05) is 11.9 Å². The third-order valence-corrected chi connectivity index (χ3v) is 7.13. The van der Waals surface area contributed by atoms with Crippen LogP contribution in [0.25, 0.3) is 0 Å². The molecule has 3 rings (SSSR count). The second-order valence-electron chi connectivity index (χ2n) is 8.52. The molecule has 0 fully saturated rings. The number of carbonyl (C=O) groups is 2. The number of nitrogens with one attached hydrogen (secondary N) is 1. The van der Waals surface area contributed by atoms with E-state index in [0.717, 1.165) is 23.3 Å². The number of carboxylic acids is 1. The Bertz CT molecular complexity index is 1030. The molecule has 34 heavy (non-hydrogen) atoms. The van der Waals surface area contributed by atoms with Crippen LogP contribution >= 0.6 is 11.8 Å². The zero-order chi connectivity index (χ0) is 25.1. The Morgan fingerprint density at radius 2 is 1.79 bits per heavy atom. The Kier molecular flexibility index (Phi) is 7.70. The number of benzene rings is 2. The molecule has 0 aliphatic heterocycles. The Morgan fingerprint density at radius 3 is 2.38 bits per heavy atom. The van der Waals surface area contributed by atoms with Crippen molar-refractivity contribution < 1.29 is 32.6 Å². The summed E-state index contributed by atoms with van der Waals surface area (Å²) in [4.78, 5) is 26.8. The highest BCUT2D eigenvalue weighted by atomic mass is 32.2. The Labute approximate surface area is 200 Å². The summed E-state index contributed by atoms with van der Waals surface area (Å²) in [7, 11) is 0. The van der Waals surface area contributed by atoms with E-state index in [0.29, 0.717) is 25.1 Å². The number of hydrogen-bond acceptors (Lipinski definition) is 4. The van der Waals surface area contributed by atoms with Crippen molar-refractivity contribution >= 4 is 29.4 Å². The summed E-state index contributed by atoms with van der Waals surface area (Å²) in [5.41, 5.74) is 2.40. The lowest BCUT2D eigenvalue weighted by atomic mass is 10.1. The van der Waals surface area contributed by atoms with E-state index >= 15 is 0 Å². The molecule has 0 saturated heterocycles. The monoisotopic (exact) mass is 496 g/mol. The number of fused-ring (bicyclic) bond motifs is 1. The number of amides is 2. The summed E-state index contributed by atoms with van der Waals surface area (Å²) in [6.45, 7) is 5.67. The SMILES string of the molecule is CCCN(C(=O)Nc1ccc(OC(F)(F)F)cc1)C1Cc2ccccc2C1SC(C)(C)C(=O)O. The van der Waals surface area contributed by atoms with Crippen LogP contribution < -0.4 is 10.1 Å². The van der Waals surface area contributed by atoms with Crippen molar-refractivity contribution in [1.82, 2.24) is 4.90 Å². The van der Waals surface area contributed by atoms with Gasteiger partial charge in [-0.25, -0.2) is 4.79 Å². The van der Waals surface area contributed by atoms with Crippen molar-refractivity contribution in [3.05, 3.63) is 59.7 Å². The maximum atomic E-state index is 13.3. The van der Waals surface area contributed by atoms with Gasteiger partial charge in [-0.3, -0.25) is 4.79 Å². The number of carboxylic acid groups (broad SMARTS) is 1. The first-order chi connectivity index (χ1) is 15.9. The number of rotatable bonds is 8. The minimum atomic E-state index is -4.80. The van der Waals surface area contributed by atoms with Crippen molar-refractivity contribution in [3.63, 3.8) is 0 Å². The van der Waals surface area contributed by atoms with Gasteiger partial charge in [0.05, 0.1) is 11.3 Å². The van der Waals surface area contributed by atoms with Gasteiger partial charge in [-0.1, -0.05) is 31.2 Å². The molecule has 0 spiro atoms. The third-order valence-electron chi connectivity index (χ3n) is 5.54. The number of aliphatic carboxylic acids is 1. The number of carbonyl (C=O) groups excluding carboxylic acids is 1. The molecule has 0 aromatic heterocycles. The van der Waals surface area contributed by atoms with Crippen LogP contribution in [0.3, 0.4) is 0 Å². The molecular weight excluding hydrogens is 469 g/mol. The van der Waals surface area contributed by atoms with E-state index < -0.39 is 23.1 Å². The first-order valence-corrected chi connectivity index (χ1v) is 11.7. The molecule has 2 amide bonds. The molecule has 2 unspecified atom stereocenters. The van der Waals surface area contributed by atoms with Gasteiger partial charge in [0.15, 0.2) is 0 Å². The van der Waals surface area contributed by atoms with E-state index in [-0.39, 0.29) is 17.0 Å². The fraction of sp³-hybridized carbons (Fsp3) is 0.417. The van der Waals surface area contributed by atoms with E-state index in [1.54, 1.807) is 18.7 Å². The van der Waals surface area contributed by atoms with Crippen LogP contribution in [-0.4, -0.2) is 45.7 Å². The van der Waals surface area contributed by atoms with Crippen molar-refractivity contribution in [2.24, 2.45) is 0 Å². The van der Waals surface area contributed by atoms with Gasteiger partial charge in [-0.15, -0.1) is 24.9 Å². The second-order valence-corrected chi connectivity index (χ2v) is 10.3. The summed E-state index contributed by atoms with van der Waals surface area (Å²) in [6, 6.07) is 12.0. The first-order valence-electron chi connectivity index (χ1n) is 10.8. The third kappa shape index (κ3) is 6.16. The molecular formula is C24H27F3N2O4S. The first kappa shape index (κ1) is 25.7. The molecule has 2 aromatic carbocycles. The zero-order valence-corrected chi connectivity index (χ0v) is 19.9. The number of ether oxygens (including phenoxy) is 1. The van der Waals surface area contributed by atoms with E-state index in [4.69, 9.17) is 0 Å². The van der Waals surface area contributed by atoms with Crippen LogP contribution in [0, 0.1) is 0 Å². The molecule has 0 heterocycles. The Morgan fingerprint density at radius 1 is 1.15 bits per heavy atom. The maximum Gasteiger partial charge on any atom is 0.573 e. The standard InChI is InChI=1S/C24H27F3N2O4S/c1-4-13-29(22(32)28-16-9-11-17(12-10-16)33-24(25,26)27)19-14-15-7-5-6-8-18(15)20(19)34-23(2,3)21(30)31/h5-12,19-20H,4,13-14H2,1-3H3,(H,28,32)(H,30,31). The van der Waals surface area contributed by atoms with Gasteiger partial charge < -0.3 is 20.1 Å². The van der Waals surface area contributed by atoms with Gasteiger partial charge in [-0.05, 0) is 62.1 Å². The molecule has 2 aromatic rings. The number of hydrogen-bond donors (Lipinski definition) is 2. The highest BCUT2D eigenvalue weighted by molar-refractivity contribution is 8.01. The summed E-state index contributed by atoms with van der Waals surface area (Å²) in [6.07, 6.45) is -3.54. The molecule has 2 N–H and O–H groups in total. The number of alkyl halides is 3. The van der Waals surface area contributed by atoms with E-state index in [2.05, 4.69) is 10.1 Å². The van der Waals surface area contributed by atoms with Gasteiger partial charge in [-0.2, -0.15) is 0 Å². The fourth-order valence-corrected chi connectivity index (χ4v) is 5.41. The Hall–Kier alpha value is -2.88. The number of halogens is 3. The van der Waals surface area contributed by atoms with Crippen LogP contribution in [0.1, 0.15) is 43.6 Å². The van der Waals surface area contributed by atoms with Gasteiger partial charge in [0.2, 0.25) is 0 Å². The normalized spacial score (nSPS) is 17.7. The van der Waals surface area contributed by atoms with E-state index in [1.165, 1.54) is 23.9 Å². The predicted octanol–water partition coefficient (Wildman–Crippen LogP) is 6.09.